The second kappa shape index (κ2) is 13.4. The van der Waals surface area contributed by atoms with Crippen LogP contribution in [0.15, 0.2) is 71.8 Å². The minimum Gasteiger partial charge on any atom is -0.406 e. The normalized spacial score (nSPS) is 11.2. The summed E-state index contributed by atoms with van der Waals surface area (Å²) in [6, 6.07) is 14.5. The molecule has 2 amide bonds. The smallest absolute Gasteiger partial charge is 0.406 e. The number of ether oxygens (including phenoxy) is 1. The number of amides is 2. The Bertz CT molecular complexity index is 1540. The van der Waals surface area contributed by atoms with E-state index in [-0.39, 0.29) is 29.4 Å². The second-order valence-corrected chi connectivity index (χ2v) is 8.99. The van der Waals surface area contributed by atoms with E-state index < -0.39 is 23.7 Å². The van der Waals surface area contributed by atoms with Gasteiger partial charge in [0.15, 0.2) is 5.69 Å². The third-order valence-electron chi connectivity index (χ3n) is 5.79. The number of carbonyl (C=O) groups is 2. The van der Waals surface area contributed by atoms with Crippen molar-refractivity contribution in [3.05, 3.63) is 99.9 Å². The lowest BCUT2D eigenvalue weighted by Crippen LogP contribution is -2.23. The van der Waals surface area contributed by atoms with Gasteiger partial charge in [-0.05, 0) is 42.5 Å². The van der Waals surface area contributed by atoms with Crippen LogP contribution in [0.2, 0.25) is 0 Å². The molecule has 41 heavy (non-hydrogen) atoms. The van der Waals surface area contributed by atoms with Crippen LogP contribution in [-0.4, -0.2) is 43.1 Å². The number of unbranched alkanes of at least 4 members (excludes halogenated alkanes) is 1. The number of aromatic amines is 1. The van der Waals surface area contributed by atoms with Crippen molar-refractivity contribution in [2.75, 3.05) is 5.32 Å². The van der Waals surface area contributed by atoms with Crippen molar-refractivity contribution in [2.45, 2.75) is 45.1 Å². The number of hydrogen-bond acceptors (Lipinski definition) is 7. The van der Waals surface area contributed by atoms with Crippen LogP contribution < -0.4 is 21.1 Å². The van der Waals surface area contributed by atoms with Crippen LogP contribution in [0.4, 0.5) is 19.0 Å². The Kier molecular flexibility index (Phi) is 9.45. The number of benzene rings is 2. The molecule has 4 aromatic rings. The molecular weight excluding hydrogens is 543 g/mol. The largest absolute Gasteiger partial charge is 0.573 e. The Morgan fingerprint density at radius 1 is 1.02 bits per heavy atom. The fourth-order valence-electron chi connectivity index (χ4n) is 3.91. The molecule has 0 aliphatic carbocycles. The minimum atomic E-state index is -4.85. The molecule has 0 aliphatic heterocycles. The van der Waals surface area contributed by atoms with Gasteiger partial charge in [0.2, 0.25) is 5.91 Å². The molecule has 2 aromatic carbocycles. The monoisotopic (exact) mass is 569 g/mol. The van der Waals surface area contributed by atoms with E-state index in [0.717, 1.165) is 17.7 Å². The lowest BCUT2D eigenvalue weighted by Gasteiger charge is -2.11. The predicted molar refractivity (Wildman–Crippen MR) is 141 cm³/mol. The molecule has 0 fully saturated rings. The molecule has 0 radical (unpaired) electrons. The molecule has 0 spiro atoms. The number of nitrogens with one attached hydrogen (secondary N) is 3. The number of rotatable bonds is 12. The highest BCUT2D eigenvalue weighted by atomic mass is 19.4. The minimum absolute atomic E-state index is 0.0691. The Labute approximate surface area is 231 Å². The third kappa shape index (κ3) is 9.30. The predicted octanol–water partition coefficient (Wildman–Crippen LogP) is 3.39. The number of nitrogens with zero attached hydrogens (tertiary/aromatic N) is 4. The highest BCUT2D eigenvalue weighted by Gasteiger charge is 2.31. The Balaban J connectivity index is 1.26. The molecule has 0 unspecified atom stereocenters. The van der Waals surface area contributed by atoms with Gasteiger partial charge in [0.25, 0.3) is 5.91 Å². The van der Waals surface area contributed by atoms with E-state index in [4.69, 9.17) is 0 Å². The van der Waals surface area contributed by atoms with Gasteiger partial charge in [0.05, 0.1) is 12.6 Å². The average Bonchev–Trinajstić information content (AvgIpc) is 3.40. The van der Waals surface area contributed by atoms with Gasteiger partial charge < -0.3 is 20.4 Å². The van der Waals surface area contributed by atoms with E-state index in [1.54, 1.807) is 10.9 Å². The summed E-state index contributed by atoms with van der Waals surface area (Å²) in [6.45, 7) is 0.852. The quantitative estimate of drug-likeness (QED) is 0.222. The maximum absolute atomic E-state index is 12.6. The molecule has 2 heterocycles. The summed E-state index contributed by atoms with van der Waals surface area (Å²) in [5, 5.41) is 13.3. The molecule has 0 saturated heterocycles. The molecule has 214 valence electrons. The number of H-pyrrole nitrogens is 1. The van der Waals surface area contributed by atoms with Crippen LogP contribution in [0.5, 0.6) is 5.75 Å². The summed E-state index contributed by atoms with van der Waals surface area (Å²) in [7, 11) is 0. The highest BCUT2D eigenvalue weighted by molar-refractivity contribution is 5.92. The molecule has 0 saturated carbocycles. The van der Waals surface area contributed by atoms with Gasteiger partial charge >= 0.3 is 12.1 Å². The molecule has 0 atom stereocenters. The summed E-state index contributed by atoms with van der Waals surface area (Å²) >= 11 is 0. The van der Waals surface area contributed by atoms with E-state index in [1.165, 1.54) is 18.3 Å². The van der Waals surface area contributed by atoms with E-state index in [2.05, 4.69) is 35.7 Å². The number of anilines is 1. The fourth-order valence-corrected chi connectivity index (χ4v) is 3.91. The van der Waals surface area contributed by atoms with Gasteiger partial charge in [0, 0.05) is 24.8 Å². The third-order valence-corrected chi connectivity index (χ3v) is 5.79. The van der Waals surface area contributed by atoms with Crippen molar-refractivity contribution >= 4 is 17.6 Å². The molecule has 2 aromatic heterocycles. The van der Waals surface area contributed by atoms with Gasteiger partial charge in [0.1, 0.15) is 11.6 Å². The first kappa shape index (κ1) is 29.0. The van der Waals surface area contributed by atoms with E-state index in [9.17, 15) is 27.6 Å². The number of aryl methyl sites for hydroxylation is 2. The molecule has 0 aliphatic rings. The fraction of sp³-hybridized carbons (Fsp3) is 0.259. The van der Waals surface area contributed by atoms with Crippen LogP contribution in [-0.2, 0) is 30.7 Å². The van der Waals surface area contributed by atoms with Crippen molar-refractivity contribution in [3.8, 4) is 5.75 Å². The number of halogens is 3. The van der Waals surface area contributed by atoms with E-state index in [1.807, 2.05) is 30.3 Å². The Morgan fingerprint density at radius 3 is 2.59 bits per heavy atom. The zero-order valence-corrected chi connectivity index (χ0v) is 21.6. The summed E-state index contributed by atoms with van der Waals surface area (Å²) in [4.78, 5) is 43.0. The first-order valence-electron chi connectivity index (χ1n) is 12.6. The summed E-state index contributed by atoms with van der Waals surface area (Å²) in [6.07, 6.45) is -0.368. The SMILES string of the molecule is O=C(Cc1cccc(OC(F)(F)F)c1)Nc1nc(=O)[nH]cc1CCCCn1cc(C(=O)NCc2ccccc2)nn1. The summed E-state index contributed by atoms with van der Waals surface area (Å²) in [5.74, 6) is -1.27. The Morgan fingerprint density at radius 2 is 1.80 bits per heavy atom. The first-order chi connectivity index (χ1) is 19.6. The van der Waals surface area contributed by atoms with Gasteiger partial charge in [-0.2, -0.15) is 4.98 Å². The molecule has 3 N–H and O–H groups in total. The van der Waals surface area contributed by atoms with Crippen molar-refractivity contribution in [1.82, 2.24) is 30.3 Å². The average molecular weight is 570 g/mol. The van der Waals surface area contributed by atoms with Crippen molar-refractivity contribution in [3.63, 3.8) is 0 Å². The van der Waals surface area contributed by atoms with Crippen LogP contribution in [0, 0.1) is 0 Å². The molecule has 0 bridgehead atoms. The highest BCUT2D eigenvalue weighted by Crippen LogP contribution is 2.23. The van der Waals surface area contributed by atoms with Gasteiger partial charge in [-0.3, -0.25) is 14.3 Å². The van der Waals surface area contributed by atoms with Gasteiger partial charge in [-0.1, -0.05) is 47.7 Å². The zero-order chi connectivity index (χ0) is 29.2. The number of alkyl halides is 3. The molecule has 14 heteroatoms. The maximum atomic E-state index is 12.6. The van der Waals surface area contributed by atoms with E-state index in [0.29, 0.717) is 37.9 Å². The van der Waals surface area contributed by atoms with Crippen molar-refractivity contribution in [1.29, 1.82) is 0 Å². The van der Waals surface area contributed by atoms with Crippen LogP contribution in [0.1, 0.15) is 40.0 Å². The lowest BCUT2D eigenvalue weighted by molar-refractivity contribution is -0.274. The van der Waals surface area contributed by atoms with Crippen molar-refractivity contribution < 1.29 is 27.5 Å². The topological polar surface area (TPSA) is 144 Å². The summed E-state index contributed by atoms with van der Waals surface area (Å²) in [5.41, 5.74) is 1.37. The standard InChI is InChI=1S/C27H26F3N7O4/c28-27(29,30)41-21-11-6-9-19(13-21)14-23(38)33-24-20(16-32-26(40)34-24)10-4-5-12-37-17-22(35-36-37)25(39)31-15-18-7-2-1-3-8-18/h1-3,6-9,11,13,16-17H,4-5,10,12,14-15H2,(H,31,39)(H2,32,33,34,38,40). The summed E-state index contributed by atoms with van der Waals surface area (Å²) < 4.78 is 42.9. The van der Waals surface area contributed by atoms with E-state index >= 15 is 0 Å². The van der Waals surface area contributed by atoms with Crippen LogP contribution >= 0.6 is 0 Å². The number of hydrogen-bond donors (Lipinski definition) is 3. The molecule has 4 rings (SSSR count). The molecular formula is C27H26F3N7O4. The second-order valence-electron chi connectivity index (χ2n) is 8.99. The van der Waals surface area contributed by atoms with Crippen LogP contribution in [0.25, 0.3) is 0 Å². The zero-order valence-electron chi connectivity index (χ0n) is 21.6. The van der Waals surface area contributed by atoms with Crippen molar-refractivity contribution in [2.24, 2.45) is 0 Å². The Hall–Kier alpha value is -5.01. The first-order valence-corrected chi connectivity index (χ1v) is 12.6. The lowest BCUT2D eigenvalue weighted by atomic mass is 10.1. The van der Waals surface area contributed by atoms with Crippen LogP contribution in [0.3, 0.4) is 0 Å². The number of aromatic nitrogens is 5. The van der Waals surface area contributed by atoms with Gasteiger partial charge in [-0.25, -0.2) is 4.79 Å². The maximum Gasteiger partial charge on any atom is 0.573 e. The number of carbonyl (C=O) groups excluding carboxylic acids is 2. The molecule has 11 nitrogen and oxygen atoms in total. The van der Waals surface area contributed by atoms with Gasteiger partial charge in [-0.15, -0.1) is 18.3 Å².